The first-order valence-electron chi connectivity index (χ1n) is 12.3. The second-order valence-electron chi connectivity index (χ2n) is 9.44. The Bertz CT molecular complexity index is 738. The minimum Gasteiger partial charge on any atom is -0.368 e. The van der Waals surface area contributed by atoms with Crippen LogP contribution in [-0.4, -0.2) is 47.3 Å². The molecule has 1 aromatic rings. The van der Waals surface area contributed by atoms with Gasteiger partial charge in [-0.2, -0.15) is 0 Å². The Morgan fingerprint density at radius 2 is 1.70 bits per heavy atom. The van der Waals surface area contributed by atoms with Crippen molar-refractivity contribution in [1.29, 1.82) is 0 Å². The molecule has 33 heavy (non-hydrogen) atoms. The van der Waals surface area contributed by atoms with Gasteiger partial charge in [0.1, 0.15) is 12.1 Å². The van der Waals surface area contributed by atoms with E-state index in [-0.39, 0.29) is 23.7 Å². The lowest BCUT2D eigenvalue weighted by Crippen LogP contribution is -2.59. The molecule has 3 amide bonds. The van der Waals surface area contributed by atoms with Crippen LogP contribution in [0.2, 0.25) is 0 Å². The van der Waals surface area contributed by atoms with Gasteiger partial charge in [-0.3, -0.25) is 14.4 Å². The summed E-state index contributed by atoms with van der Waals surface area (Å²) in [5, 5.41) is 2.89. The van der Waals surface area contributed by atoms with Crippen LogP contribution in [0.1, 0.15) is 72.3 Å². The van der Waals surface area contributed by atoms with Crippen molar-refractivity contribution in [2.45, 2.75) is 91.3 Å². The highest BCUT2D eigenvalue weighted by molar-refractivity contribution is 5.93. The molecule has 0 unspecified atom stereocenters. The number of unbranched alkanes of at least 4 members (excludes halogenated alkanes) is 1. The maximum absolute atomic E-state index is 13.8. The number of hydrogen-bond acceptors (Lipinski definition) is 4. The Morgan fingerprint density at radius 1 is 1.06 bits per heavy atom. The van der Waals surface area contributed by atoms with E-state index in [0.29, 0.717) is 32.2 Å². The topological polar surface area (TPSA) is 119 Å². The normalized spacial score (nSPS) is 14.9. The zero-order chi connectivity index (χ0) is 25.0. The first kappa shape index (κ1) is 28.6. The van der Waals surface area contributed by atoms with Crippen molar-refractivity contribution in [2.75, 3.05) is 6.54 Å². The molecule has 4 atom stereocenters. The van der Waals surface area contributed by atoms with Crippen LogP contribution < -0.4 is 16.8 Å². The number of rotatable bonds is 15. The molecule has 0 radical (unpaired) electrons. The highest BCUT2D eigenvalue weighted by Crippen LogP contribution is 2.18. The summed E-state index contributed by atoms with van der Waals surface area (Å²) in [6.07, 6.45) is 4.10. The average Bonchev–Trinajstić information content (AvgIpc) is 2.79. The number of carbonyl (C=O) groups excluding carboxylic acids is 3. The van der Waals surface area contributed by atoms with Gasteiger partial charge in [0, 0.05) is 6.54 Å². The van der Waals surface area contributed by atoms with E-state index in [1.54, 1.807) is 4.90 Å². The number of nitrogens with one attached hydrogen (secondary N) is 1. The van der Waals surface area contributed by atoms with Gasteiger partial charge in [-0.25, -0.2) is 0 Å². The fourth-order valence-corrected chi connectivity index (χ4v) is 3.83. The molecule has 0 aliphatic carbocycles. The molecule has 0 bridgehead atoms. The lowest BCUT2D eigenvalue weighted by atomic mass is 9.94. The van der Waals surface area contributed by atoms with Crippen LogP contribution in [0.5, 0.6) is 0 Å². The maximum Gasteiger partial charge on any atom is 0.246 e. The molecule has 0 aliphatic rings. The Labute approximate surface area is 199 Å². The van der Waals surface area contributed by atoms with Crippen molar-refractivity contribution in [2.24, 2.45) is 23.3 Å². The van der Waals surface area contributed by atoms with Gasteiger partial charge in [0.15, 0.2) is 0 Å². The third-order valence-corrected chi connectivity index (χ3v) is 6.15. The molecular weight excluding hydrogens is 416 g/mol. The van der Waals surface area contributed by atoms with Crippen molar-refractivity contribution in [3.63, 3.8) is 0 Å². The smallest absolute Gasteiger partial charge is 0.246 e. The predicted octanol–water partition coefficient (Wildman–Crippen LogP) is 3.01. The molecule has 0 saturated heterocycles. The molecule has 0 saturated carbocycles. The number of benzene rings is 1. The van der Waals surface area contributed by atoms with Crippen LogP contribution in [-0.2, 0) is 20.8 Å². The van der Waals surface area contributed by atoms with Gasteiger partial charge < -0.3 is 21.7 Å². The van der Waals surface area contributed by atoms with Crippen LogP contribution in [0.4, 0.5) is 0 Å². The fourth-order valence-electron chi connectivity index (χ4n) is 3.83. The lowest BCUT2D eigenvalue weighted by Gasteiger charge is -2.36. The monoisotopic (exact) mass is 460 g/mol. The van der Waals surface area contributed by atoms with Crippen molar-refractivity contribution < 1.29 is 14.4 Å². The zero-order valence-electron chi connectivity index (χ0n) is 21.0. The summed E-state index contributed by atoms with van der Waals surface area (Å²) >= 11 is 0. The van der Waals surface area contributed by atoms with Crippen molar-refractivity contribution >= 4 is 17.7 Å². The third kappa shape index (κ3) is 9.54. The molecule has 1 rings (SSSR count). The first-order chi connectivity index (χ1) is 15.6. The molecule has 0 aliphatic heterocycles. The van der Waals surface area contributed by atoms with Crippen LogP contribution in [0.15, 0.2) is 30.3 Å². The van der Waals surface area contributed by atoms with E-state index in [4.69, 9.17) is 11.5 Å². The molecular formula is C26H44N4O3. The maximum atomic E-state index is 13.8. The molecule has 0 heterocycles. The Hall–Kier alpha value is -2.41. The molecule has 0 aromatic heterocycles. The van der Waals surface area contributed by atoms with Crippen LogP contribution in [0, 0.1) is 11.8 Å². The Morgan fingerprint density at radius 3 is 2.21 bits per heavy atom. The van der Waals surface area contributed by atoms with Gasteiger partial charge in [-0.05, 0) is 36.7 Å². The van der Waals surface area contributed by atoms with E-state index >= 15 is 0 Å². The summed E-state index contributed by atoms with van der Waals surface area (Å²) in [6, 6.07) is 7.65. The number of nitrogens with two attached hydrogens (primary N) is 2. The van der Waals surface area contributed by atoms with Crippen LogP contribution in [0.25, 0.3) is 0 Å². The molecule has 7 heteroatoms. The molecule has 186 valence electrons. The summed E-state index contributed by atoms with van der Waals surface area (Å²) in [5.41, 5.74) is 12.9. The quantitative estimate of drug-likeness (QED) is 0.373. The van der Waals surface area contributed by atoms with Crippen molar-refractivity contribution in [1.82, 2.24) is 10.2 Å². The number of nitrogens with zero attached hydrogens (tertiary/aromatic N) is 1. The van der Waals surface area contributed by atoms with Gasteiger partial charge in [0.2, 0.25) is 17.7 Å². The van der Waals surface area contributed by atoms with Gasteiger partial charge in [-0.15, -0.1) is 0 Å². The van der Waals surface area contributed by atoms with E-state index in [1.165, 1.54) is 0 Å². The van der Waals surface area contributed by atoms with Crippen molar-refractivity contribution in [3.8, 4) is 0 Å². The van der Waals surface area contributed by atoms with Crippen LogP contribution >= 0.6 is 0 Å². The van der Waals surface area contributed by atoms with Gasteiger partial charge in [0.05, 0.1) is 6.04 Å². The number of carbonyl (C=O) groups is 3. The minimum absolute atomic E-state index is 0.119. The SMILES string of the molecule is CCCC[C@H](N)C(=O)N[C@H](C(=O)N(CCc1ccccc1)[C@@H](CC(C)C)C(N)=O)[C@@H](C)CC. The minimum atomic E-state index is -0.764. The molecule has 1 aromatic carbocycles. The molecule has 7 nitrogen and oxygen atoms in total. The van der Waals surface area contributed by atoms with E-state index < -0.39 is 24.0 Å². The number of primary amides is 1. The Balaban J connectivity index is 3.20. The first-order valence-corrected chi connectivity index (χ1v) is 12.3. The van der Waals surface area contributed by atoms with Gasteiger partial charge >= 0.3 is 0 Å². The molecule has 5 N–H and O–H groups in total. The van der Waals surface area contributed by atoms with Crippen molar-refractivity contribution in [3.05, 3.63) is 35.9 Å². The number of hydrogen-bond donors (Lipinski definition) is 3. The highest BCUT2D eigenvalue weighted by atomic mass is 16.2. The summed E-state index contributed by atoms with van der Waals surface area (Å²) in [4.78, 5) is 40.6. The van der Waals surface area contributed by atoms with Gasteiger partial charge in [-0.1, -0.05) is 84.2 Å². The highest BCUT2D eigenvalue weighted by Gasteiger charge is 2.36. The lowest BCUT2D eigenvalue weighted by molar-refractivity contribution is -0.144. The largest absolute Gasteiger partial charge is 0.368 e. The Kier molecular flexibility index (Phi) is 12.7. The standard InChI is InChI=1S/C26H44N4O3/c1-6-8-14-21(27)25(32)29-23(19(5)7-2)26(33)30(22(24(28)31)17-18(3)4)16-15-20-12-10-9-11-13-20/h9-13,18-19,21-23H,6-8,14-17,27H2,1-5H3,(H2,28,31)(H,29,32)/t19-,21-,22-,23-/m0/s1. The summed E-state index contributed by atoms with van der Waals surface area (Å²) < 4.78 is 0. The van der Waals surface area contributed by atoms with Crippen LogP contribution in [0.3, 0.4) is 0 Å². The fraction of sp³-hybridized carbons (Fsp3) is 0.654. The number of amides is 3. The summed E-state index contributed by atoms with van der Waals surface area (Å²) in [6.45, 7) is 10.3. The van der Waals surface area contributed by atoms with E-state index in [1.807, 2.05) is 65.0 Å². The zero-order valence-corrected chi connectivity index (χ0v) is 21.0. The van der Waals surface area contributed by atoms with E-state index in [2.05, 4.69) is 5.32 Å². The van der Waals surface area contributed by atoms with Gasteiger partial charge in [0.25, 0.3) is 0 Å². The molecule has 0 spiro atoms. The van der Waals surface area contributed by atoms with E-state index in [9.17, 15) is 14.4 Å². The second-order valence-corrected chi connectivity index (χ2v) is 9.44. The average molecular weight is 461 g/mol. The molecule has 0 fully saturated rings. The summed E-state index contributed by atoms with van der Waals surface area (Å²) in [7, 11) is 0. The van der Waals surface area contributed by atoms with E-state index in [0.717, 1.165) is 18.4 Å². The third-order valence-electron chi connectivity index (χ3n) is 6.15. The second kappa shape index (κ2) is 14.7. The summed E-state index contributed by atoms with van der Waals surface area (Å²) in [5.74, 6) is -1.08. The predicted molar refractivity (Wildman–Crippen MR) is 133 cm³/mol.